The van der Waals surface area contributed by atoms with Gasteiger partial charge < -0.3 is 61.2 Å². The first-order valence-electron chi connectivity index (χ1n) is 13.9. The van der Waals surface area contributed by atoms with Crippen molar-refractivity contribution in [1.82, 2.24) is 26.6 Å². The van der Waals surface area contributed by atoms with Crippen LogP contribution in [0.4, 0.5) is 9.59 Å². The highest BCUT2D eigenvalue weighted by atomic mass is 16.8. The van der Waals surface area contributed by atoms with Crippen LogP contribution in [0.5, 0.6) is 0 Å². The summed E-state index contributed by atoms with van der Waals surface area (Å²) in [5, 5.41) is 22.3. The van der Waals surface area contributed by atoms with E-state index in [1.165, 1.54) is 14.1 Å². The van der Waals surface area contributed by atoms with Crippen molar-refractivity contribution < 1.29 is 53.4 Å². The molecule has 2 atom stereocenters. The van der Waals surface area contributed by atoms with Crippen molar-refractivity contribution in [2.45, 2.75) is 63.2 Å². The van der Waals surface area contributed by atoms with Crippen molar-refractivity contribution in [3.05, 3.63) is 0 Å². The number of methoxy groups -OCH3 is 2. The average Bonchev–Trinajstić information content (AvgIpc) is 3.04. The fraction of sp³-hybridized carbons (Fsp3) is 0.769. The number of urea groups is 2. The van der Waals surface area contributed by atoms with E-state index in [2.05, 4.69) is 26.6 Å². The largest absolute Gasteiger partial charge is 0.395 e. The quantitative estimate of drug-likeness (QED) is 0.0256. The van der Waals surface area contributed by atoms with Crippen LogP contribution in [0.3, 0.4) is 0 Å². The van der Waals surface area contributed by atoms with Crippen molar-refractivity contribution in [2.24, 2.45) is 5.73 Å². The summed E-state index contributed by atoms with van der Waals surface area (Å²) in [6.45, 7) is 5.50. The number of aliphatic hydroxyl groups excluding tert-OH is 1. The van der Waals surface area contributed by atoms with Gasteiger partial charge >= 0.3 is 12.1 Å². The molecule has 0 radical (unpaired) electrons. The van der Waals surface area contributed by atoms with E-state index in [0.717, 1.165) is 0 Å². The topological polar surface area (TPSA) is 253 Å². The Morgan fingerprint density at radius 1 is 0.837 bits per heavy atom. The Labute approximate surface area is 254 Å². The van der Waals surface area contributed by atoms with Crippen LogP contribution in [0.1, 0.15) is 39.5 Å². The van der Waals surface area contributed by atoms with Gasteiger partial charge in [-0.15, -0.1) is 0 Å². The molecule has 0 aromatic heterocycles. The van der Waals surface area contributed by atoms with E-state index in [1.807, 2.05) is 13.8 Å². The standard InChI is InChI=1S/C16H29N5O5.C6H14O3.C4H10N2O2/c1-18-14(26)19-7-3-9-21-16(12-24,13-25)5-4-15(10-22,11-23)20-8-2-6-17;1-5(7-3)9-6(2)8-4;1-5-4(8)6-2-3-7/h10-13,20-21H,2-9,17H2,1H3,(H2,18,19,26);5-6H,1-4H3;7H,2-3H2,1H3,(H2,5,6,8)/p+1. The third-order valence-electron chi connectivity index (χ3n) is 5.76. The lowest BCUT2D eigenvalue weighted by Gasteiger charge is -2.27. The summed E-state index contributed by atoms with van der Waals surface area (Å²) in [6, 6.07) is -0.577. The number of aldehydes is 4. The molecule has 0 aliphatic heterocycles. The summed E-state index contributed by atoms with van der Waals surface area (Å²) in [7, 11) is 6.20. The van der Waals surface area contributed by atoms with E-state index in [1.54, 1.807) is 19.5 Å². The average molecular weight is 625 g/mol. The molecule has 0 heterocycles. The number of ether oxygens (including phenoxy) is 3. The molecule has 0 saturated heterocycles. The lowest BCUT2D eigenvalue weighted by Crippen LogP contribution is -2.98. The molecule has 0 bridgehead atoms. The molecule has 0 aliphatic rings. The minimum Gasteiger partial charge on any atom is -0.395 e. The summed E-state index contributed by atoms with van der Waals surface area (Å²) < 4.78 is 14.7. The molecular weight excluding hydrogens is 570 g/mol. The zero-order chi connectivity index (χ0) is 33.6. The number of carbonyl (C=O) groups excluding carboxylic acids is 6. The number of rotatable bonds is 22. The number of nitrogens with one attached hydrogen (secondary N) is 5. The fourth-order valence-corrected chi connectivity index (χ4v) is 2.91. The van der Waals surface area contributed by atoms with Gasteiger partial charge in [0.2, 0.25) is 5.54 Å². The van der Waals surface area contributed by atoms with E-state index in [9.17, 15) is 28.8 Å². The minimum atomic E-state index is -1.44. The molecule has 17 nitrogen and oxygen atoms in total. The molecule has 252 valence electrons. The van der Waals surface area contributed by atoms with Gasteiger partial charge in [-0.25, -0.2) is 9.59 Å². The molecular formula is C26H54N7O10+. The maximum absolute atomic E-state index is 11.5. The van der Waals surface area contributed by atoms with Crippen LogP contribution in [-0.4, -0.2) is 134 Å². The molecule has 0 aliphatic carbocycles. The lowest BCUT2D eigenvalue weighted by molar-refractivity contribution is -0.696. The predicted molar refractivity (Wildman–Crippen MR) is 158 cm³/mol. The van der Waals surface area contributed by atoms with Gasteiger partial charge in [0.25, 0.3) is 0 Å². The Hall–Kier alpha value is -3.06. The number of aliphatic hydroxyl groups is 1. The first kappa shape index (κ1) is 44.4. The Bertz CT molecular complexity index is 738. The lowest BCUT2D eigenvalue weighted by atomic mass is 9.87. The van der Waals surface area contributed by atoms with Crippen molar-refractivity contribution in [3.8, 4) is 0 Å². The van der Waals surface area contributed by atoms with E-state index in [4.69, 9.17) is 25.1 Å². The van der Waals surface area contributed by atoms with Crippen LogP contribution in [0, 0.1) is 0 Å². The van der Waals surface area contributed by atoms with E-state index >= 15 is 0 Å². The van der Waals surface area contributed by atoms with E-state index in [-0.39, 0.29) is 44.1 Å². The molecule has 0 aromatic carbocycles. The maximum Gasteiger partial charge on any atom is 0.314 e. The predicted octanol–water partition coefficient (Wildman–Crippen LogP) is -3.24. The van der Waals surface area contributed by atoms with Crippen molar-refractivity contribution in [3.63, 3.8) is 0 Å². The summed E-state index contributed by atoms with van der Waals surface area (Å²) in [5.41, 5.74) is 2.57. The molecule has 0 spiro atoms. The first-order valence-corrected chi connectivity index (χ1v) is 13.9. The number of quaternary nitrogens is 1. The molecule has 10 N–H and O–H groups in total. The van der Waals surface area contributed by atoms with Crippen LogP contribution < -0.4 is 37.6 Å². The monoisotopic (exact) mass is 624 g/mol. The third-order valence-corrected chi connectivity index (χ3v) is 5.76. The summed E-state index contributed by atoms with van der Waals surface area (Å²) in [6.07, 6.45) is 2.79. The number of hydrogen-bond acceptors (Lipinski definition) is 12. The summed E-state index contributed by atoms with van der Waals surface area (Å²) >= 11 is 0. The zero-order valence-electron chi connectivity index (χ0n) is 26.3. The summed E-state index contributed by atoms with van der Waals surface area (Å²) in [5.74, 6) is 0. The van der Waals surface area contributed by atoms with Gasteiger partial charge in [-0.1, -0.05) is 0 Å². The van der Waals surface area contributed by atoms with Crippen LogP contribution in [0.2, 0.25) is 0 Å². The highest BCUT2D eigenvalue weighted by molar-refractivity contribution is 5.90. The third kappa shape index (κ3) is 24.1. The molecule has 0 rings (SSSR count). The first-order chi connectivity index (χ1) is 20.5. The SMILES string of the molecule is CNC(=O)NCCC[NH2+]C(C=O)(C=O)CCC(C=O)(C=O)NCCCN.CNC(=O)NCCO.COC(C)OC(C)OC. The van der Waals surface area contributed by atoms with Gasteiger partial charge in [0.05, 0.1) is 13.2 Å². The van der Waals surface area contributed by atoms with Crippen LogP contribution in [0.15, 0.2) is 0 Å². The van der Waals surface area contributed by atoms with Gasteiger partial charge in [0.15, 0.2) is 25.2 Å². The van der Waals surface area contributed by atoms with Gasteiger partial charge in [-0.2, -0.15) is 0 Å². The Morgan fingerprint density at radius 2 is 1.35 bits per heavy atom. The second kappa shape index (κ2) is 29.0. The zero-order valence-corrected chi connectivity index (χ0v) is 26.3. The second-order valence-electron chi connectivity index (χ2n) is 9.02. The second-order valence-corrected chi connectivity index (χ2v) is 9.02. The van der Waals surface area contributed by atoms with Crippen LogP contribution in [-0.2, 0) is 33.4 Å². The fourth-order valence-electron chi connectivity index (χ4n) is 2.91. The number of carbonyl (C=O) groups is 6. The Kier molecular flexibility index (Phi) is 30.0. The number of hydrogen-bond donors (Lipinski definition) is 8. The minimum absolute atomic E-state index is 0.00897. The molecule has 4 amide bonds. The van der Waals surface area contributed by atoms with Crippen molar-refractivity contribution in [2.75, 3.05) is 67.6 Å². The van der Waals surface area contributed by atoms with Gasteiger partial charge in [-0.3, -0.25) is 14.9 Å². The highest BCUT2D eigenvalue weighted by Crippen LogP contribution is 2.13. The van der Waals surface area contributed by atoms with Gasteiger partial charge in [0, 0.05) is 54.2 Å². The van der Waals surface area contributed by atoms with Crippen molar-refractivity contribution in [1.29, 1.82) is 0 Å². The summed E-state index contributed by atoms with van der Waals surface area (Å²) in [4.78, 5) is 67.0. The van der Waals surface area contributed by atoms with Gasteiger partial charge in [0.1, 0.15) is 18.1 Å². The molecule has 2 unspecified atom stereocenters. The molecule has 0 aromatic rings. The molecule has 0 saturated carbocycles. The van der Waals surface area contributed by atoms with E-state index < -0.39 is 11.1 Å². The Balaban J connectivity index is -0.000000762. The van der Waals surface area contributed by atoms with E-state index in [0.29, 0.717) is 70.7 Å². The maximum atomic E-state index is 11.5. The number of nitrogens with two attached hydrogens (primary N) is 2. The number of amides is 4. The Morgan fingerprint density at radius 3 is 1.74 bits per heavy atom. The van der Waals surface area contributed by atoms with Crippen LogP contribution in [0.25, 0.3) is 0 Å². The normalized spacial score (nSPS) is 12.1. The van der Waals surface area contributed by atoms with Gasteiger partial charge in [-0.05, 0) is 39.8 Å². The molecule has 43 heavy (non-hydrogen) atoms. The van der Waals surface area contributed by atoms with Crippen molar-refractivity contribution >= 4 is 37.2 Å². The molecule has 17 heteroatoms. The van der Waals surface area contributed by atoms with Crippen LogP contribution >= 0.6 is 0 Å². The highest BCUT2D eigenvalue weighted by Gasteiger charge is 2.38. The molecule has 0 fully saturated rings. The smallest absolute Gasteiger partial charge is 0.314 e.